The van der Waals surface area contributed by atoms with E-state index in [0.717, 1.165) is 12.1 Å². The molecule has 2 aliphatic rings. The van der Waals surface area contributed by atoms with Crippen molar-refractivity contribution in [2.24, 2.45) is 0 Å². The van der Waals surface area contributed by atoms with Crippen LogP contribution in [0, 0.1) is 11.6 Å². The number of carbonyl (C=O) groups excluding carboxylic acids is 2. The molecule has 0 aliphatic carbocycles. The first-order chi connectivity index (χ1) is 11.6. The molecule has 0 spiro atoms. The summed E-state index contributed by atoms with van der Waals surface area (Å²) in [5.74, 6) is -2.99. The van der Waals surface area contributed by atoms with E-state index in [1.165, 1.54) is 6.07 Å². The van der Waals surface area contributed by atoms with E-state index in [-0.39, 0.29) is 30.2 Å². The highest BCUT2D eigenvalue weighted by Gasteiger charge is 2.37. The first-order valence-corrected chi connectivity index (χ1v) is 7.78. The molecule has 2 aliphatic heterocycles. The smallest absolute Gasteiger partial charge is 0.251 e. The molecule has 0 bridgehead atoms. The van der Waals surface area contributed by atoms with Gasteiger partial charge in [0, 0.05) is 18.7 Å². The van der Waals surface area contributed by atoms with Gasteiger partial charge in [-0.05, 0) is 24.6 Å². The molecule has 130 valence electrons. The van der Waals surface area contributed by atoms with Gasteiger partial charge in [-0.25, -0.2) is 8.78 Å². The highest BCUT2D eigenvalue weighted by atomic mass is 19.2. The van der Waals surface area contributed by atoms with Gasteiger partial charge in [-0.1, -0.05) is 0 Å². The second-order valence-corrected chi connectivity index (χ2v) is 5.74. The van der Waals surface area contributed by atoms with Crippen molar-refractivity contribution in [3.8, 4) is 0 Å². The van der Waals surface area contributed by atoms with Crippen molar-refractivity contribution in [3.63, 3.8) is 0 Å². The third kappa shape index (κ3) is 3.54. The Bertz CT molecular complexity index is 639. The molecule has 24 heavy (non-hydrogen) atoms. The Hall–Kier alpha value is -2.06. The fourth-order valence-corrected chi connectivity index (χ4v) is 2.99. The molecule has 6 nitrogen and oxygen atoms in total. The summed E-state index contributed by atoms with van der Waals surface area (Å²) in [5, 5.41) is 2.45. The lowest BCUT2D eigenvalue weighted by atomic mass is 10.0. The molecule has 2 heterocycles. The summed E-state index contributed by atoms with van der Waals surface area (Å²) < 4.78 is 37.0. The van der Waals surface area contributed by atoms with Gasteiger partial charge in [0.1, 0.15) is 6.10 Å². The molecule has 2 amide bonds. The SMILES string of the molecule is O=C(NCC(=O)N1CCO[C@@H]2COCC[C@@H]21)c1ccc(F)c(F)c1. The van der Waals surface area contributed by atoms with Gasteiger partial charge in [-0.2, -0.15) is 0 Å². The lowest BCUT2D eigenvalue weighted by Gasteiger charge is -2.43. The highest BCUT2D eigenvalue weighted by molar-refractivity contribution is 5.96. The van der Waals surface area contributed by atoms with Crippen LogP contribution in [0.4, 0.5) is 8.78 Å². The molecule has 1 aromatic carbocycles. The third-order valence-corrected chi connectivity index (χ3v) is 4.24. The third-order valence-electron chi connectivity index (χ3n) is 4.24. The van der Waals surface area contributed by atoms with Crippen molar-refractivity contribution in [3.05, 3.63) is 35.4 Å². The number of amides is 2. The van der Waals surface area contributed by atoms with Gasteiger partial charge in [0.05, 0.1) is 25.8 Å². The maximum Gasteiger partial charge on any atom is 0.251 e. The van der Waals surface area contributed by atoms with E-state index in [4.69, 9.17) is 9.47 Å². The minimum Gasteiger partial charge on any atom is -0.379 e. The van der Waals surface area contributed by atoms with Gasteiger partial charge >= 0.3 is 0 Å². The first-order valence-electron chi connectivity index (χ1n) is 7.78. The molecule has 2 atom stereocenters. The number of hydrogen-bond donors (Lipinski definition) is 1. The number of rotatable bonds is 3. The Morgan fingerprint density at radius 1 is 1.25 bits per heavy atom. The Labute approximate surface area is 137 Å². The monoisotopic (exact) mass is 340 g/mol. The molecule has 3 rings (SSSR count). The molecule has 0 saturated carbocycles. The van der Waals surface area contributed by atoms with Crippen LogP contribution in [0.3, 0.4) is 0 Å². The van der Waals surface area contributed by atoms with Crippen molar-refractivity contribution in [2.75, 3.05) is 32.9 Å². The Morgan fingerprint density at radius 3 is 2.88 bits per heavy atom. The van der Waals surface area contributed by atoms with Crippen molar-refractivity contribution in [2.45, 2.75) is 18.6 Å². The highest BCUT2D eigenvalue weighted by Crippen LogP contribution is 2.21. The second kappa shape index (κ2) is 7.23. The van der Waals surface area contributed by atoms with E-state index < -0.39 is 17.5 Å². The van der Waals surface area contributed by atoms with Crippen LogP contribution in [0.25, 0.3) is 0 Å². The topological polar surface area (TPSA) is 67.9 Å². The Morgan fingerprint density at radius 2 is 2.08 bits per heavy atom. The lowest BCUT2D eigenvalue weighted by molar-refractivity contribution is -0.160. The summed E-state index contributed by atoms with van der Waals surface area (Å²) in [6, 6.07) is 2.79. The van der Waals surface area contributed by atoms with E-state index in [1.807, 2.05) is 0 Å². The summed E-state index contributed by atoms with van der Waals surface area (Å²) in [7, 11) is 0. The zero-order chi connectivity index (χ0) is 17.1. The molecule has 2 saturated heterocycles. The quantitative estimate of drug-likeness (QED) is 0.880. The number of morpholine rings is 1. The fourth-order valence-electron chi connectivity index (χ4n) is 2.99. The molecular weight excluding hydrogens is 322 g/mol. The minimum absolute atomic E-state index is 0.0346. The van der Waals surface area contributed by atoms with Crippen LogP contribution in [0.5, 0.6) is 0 Å². The predicted octanol–water partition coefficient (Wildman–Crippen LogP) is 0.711. The van der Waals surface area contributed by atoms with E-state index >= 15 is 0 Å². The van der Waals surface area contributed by atoms with Crippen LogP contribution in [0.15, 0.2) is 18.2 Å². The summed E-state index contributed by atoms with van der Waals surface area (Å²) in [6.07, 6.45) is 0.548. The largest absolute Gasteiger partial charge is 0.379 e. The summed E-state index contributed by atoms with van der Waals surface area (Å²) >= 11 is 0. The summed E-state index contributed by atoms with van der Waals surface area (Å²) in [4.78, 5) is 26.0. The number of hydrogen-bond acceptors (Lipinski definition) is 4. The van der Waals surface area contributed by atoms with Gasteiger partial charge < -0.3 is 19.7 Å². The number of nitrogens with zero attached hydrogens (tertiary/aromatic N) is 1. The zero-order valence-corrected chi connectivity index (χ0v) is 13.0. The number of halogens is 2. The van der Waals surface area contributed by atoms with Crippen LogP contribution < -0.4 is 5.32 Å². The molecule has 0 unspecified atom stereocenters. The average Bonchev–Trinajstić information content (AvgIpc) is 2.61. The van der Waals surface area contributed by atoms with E-state index in [1.54, 1.807) is 4.90 Å². The molecule has 8 heteroatoms. The van der Waals surface area contributed by atoms with Crippen molar-refractivity contribution in [1.82, 2.24) is 10.2 Å². The molecule has 2 fully saturated rings. The number of carbonyl (C=O) groups is 2. The van der Waals surface area contributed by atoms with Crippen molar-refractivity contribution < 1.29 is 27.8 Å². The van der Waals surface area contributed by atoms with E-state index in [0.29, 0.717) is 32.8 Å². The number of benzene rings is 1. The first kappa shape index (κ1) is 16.8. The summed E-state index contributed by atoms with van der Waals surface area (Å²) in [5.41, 5.74) is -0.0346. The Balaban J connectivity index is 1.58. The van der Waals surface area contributed by atoms with E-state index in [9.17, 15) is 18.4 Å². The predicted molar refractivity (Wildman–Crippen MR) is 79.4 cm³/mol. The van der Waals surface area contributed by atoms with Crippen LogP contribution in [0.2, 0.25) is 0 Å². The molecule has 0 radical (unpaired) electrons. The van der Waals surface area contributed by atoms with E-state index in [2.05, 4.69) is 5.32 Å². The van der Waals surface area contributed by atoms with Gasteiger partial charge in [-0.15, -0.1) is 0 Å². The molecule has 1 aromatic rings. The van der Waals surface area contributed by atoms with Crippen LogP contribution in [0.1, 0.15) is 16.8 Å². The maximum atomic E-state index is 13.2. The zero-order valence-electron chi connectivity index (χ0n) is 13.0. The second-order valence-electron chi connectivity index (χ2n) is 5.74. The van der Waals surface area contributed by atoms with Gasteiger partial charge in [0.2, 0.25) is 5.91 Å². The lowest BCUT2D eigenvalue weighted by Crippen LogP contribution is -2.58. The normalized spacial score (nSPS) is 23.5. The van der Waals surface area contributed by atoms with Crippen LogP contribution >= 0.6 is 0 Å². The number of ether oxygens (including phenoxy) is 2. The van der Waals surface area contributed by atoms with Crippen molar-refractivity contribution >= 4 is 11.8 Å². The van der Waals surface area contributed by atoms with Gasteiger partial charge in [0.15, 0.2) is 11.6 Å². The van der Waals surface area contributed by atoms with Crippen LogP contribution in [-0.2, 0) is 14.3 Å². The fraction of sp³-hybridized carbons (Fsp3) is 0.500. The molecular formula is C16H18F2N2O4. The summed E-state index contributed by atoms with van der Waals surface area (Å²) in [6.45, 7) is 1.70. The number of nitrogens with one attached hydrogen (secondary N) is 1. The molecule has 1 N–H and O–H groups in total. The van der Waals surface area contributed by atoms with Gasteiger partial charge in [0.25, 0.3) is 5.91 Å². The van der Waals surface area contributed by atoms with Crippen LogP contribution in [-0.4, -0.2) is 61.8 Å². The standard InChI is InChI=1S/C16H18F2N2O4/c17-11-2-1-10(7-12(11)18)16(22)19-8-15(21)20-4-6-24-14-9-23-5-3-13(14)20/h1-2,7,13-14H,3-6,8-9H2,(H,19,22)/t13-,14+/m0/s1. The maximum absolute atomic E-state index is 13.2. The average molecular weight is 340 g/mol. The van der Waals surface area contributed by atoms with Gasteiger partial charge in [-0.3, -0.25) is 9.59 Å². The number of fused-ring (bicyclic) bond motifs is 1. The Kier molecular flexibility index (Phi) is 5.06. The molecule has 0 aromatic heterocycles. The van der Waals surface area contributed by atoms with Crippen molar-refractivity contribution in [1.29, 1.82) is 0 Å². The minimum atomic E-state index is -1.10.